The van der Waals surface area contributed by atoms with E-state index in [1.54, 1.807) is 6.92 Å². The van der Waals surface area contributed by atoms with Crippen molar-refractivity contribution in [2.45, 2.75) is 139 Å². The fourth-order valence-corrected chi connectivity index (χ4v) is 4.67. The summed E-state index contributed by atoms with van der Waals surface area (Å²) in [6.45, 7) is 17.6. The average molecular weight is 633 g/mol. The van der Waals surface area contributed by atoms with Crippen LogP contribution in [0.25, 0.3) is 0 Å². The second kappa shape index (κ2) is 24.6. The molecule has 0 bridgehead atoms. The highest BCUT2D eigenvalue weighted by molar-refractivity contribution is 6.30. The van der Waals surface area contributed by atoms with Crippen molar-refractivity contribution in [3.05, 3.63) is 46.1 Å². The maximum Gasteiger partial charge on any atom is 0.267 e. The number of nitrogens with two attached hydrogens (primary N) is 1. The van der Waals surface area contributed by atoms with Crippen LogP contribution in [-0.2, 0) is 20.9 Å². The first-order valence-electron chi connectivity index (χ1n) is 16.9. The Labute approximate surface area is 273 Å². The van der Waals surface area contributed by atoms with E-state index < -0.39 is 0 Å². The molecule has 7 nitrogen and oxygen atoms in total. The van der Waals surface area contributed by atoms with E-state index in [0.717, 1.165) is 87.6 Å². The van der Waals surface area contributed by atoms with Crippen molar-refractivity contribution in [1.82, 2.24) is 10.6 Å². The molecule has 2 aliphatic rings. The number of rotatable bonds is 13. The predicted molar refractivity (Wildman–Crippen MR) is 187 cm³/mol. The normalized spacial score (nSPS) is 17.2. The number of halogens is 1. The van der Waals surface area contributed by atoms with Crippen LogP contribution in [0.3, 0.4) is 0 Å². The van der Waals surface area contributed by atoms with E-state index in [1.165, 1.54) is 6.42 Å². The van der Waals surface area contributed by atoms with Gasteiger partial charge in [0.15, 0.2) is 0 Å². The number of hydrogen-bond donors (Lipinski definition) is 3. The summed E-state index contributed by atoms with van der Waals surface area (Å²) in [6, 6.07) is 7.88. The molecular weight excluding hydrogens is 572 g/mol. The molecule has 1 aliphatic carbocycles. The van der Waals surface area contributed by atoms with Gasteiger partial charge in [-0.05, 0) is 75.5 Å². The van der Waals surface area contributed by atoms with Crippen molar-refractivity contribution in [3.8, 4) is 0 Å². The van der Waals surface area contributed by atoms with Gasteiger partial charge in [0.05, 0.1) is 0 Å². The number of carbonyl (C=O) groups excluding carboxylic acids is 3. The van der Waals surface area contributed by atoms with Gasteiger partial charge in [0.2, 0.25) is 5.91 Å². The highest BCUT2D eigenvalue weighted by Gasteiger charge is 2.21. The van der Waals surface area contributed by atoms with E-state index in [0.29, 0.717) is 35.2 Å². The van der Waals surface area contributed by atoms with Crippen LogP contribution in [-0.4, -0.2) is 35.9 Å². The molecule has 0 spiro atoms. The number of allylic oxidation sites excluding steroid dienone is 1. The summed E-state index contributed by atoms with van der Waals surface area (Å²) < 4.78 is 0. The SMILES string of the molecule is CC.CC(=O)C1CCC1.CCC/C(C(CC)=NCCC(C)CC)=C(/N)C(=O)NCc1ccc(Cl)cc1.CCC1CCC(=O)N1. The predicted octanol–water partition coefficient (Wildman–Crippen LogP) is 8.33. The lowest BCUT2D eigenvalue weighted by molar-refractivity contribution is -0.123. The van der Waals surface area contributed by atoms with E-state index in [-0.39, 0.29) is 17.5 Å². The standard InChI is InChI=1S/C22H34ClN3O.C6H11NO.C6H10O.C2H6/c1-5-8-19(20(7-3)25-14-13-16(4)6-2)21(24)22(27)26-15-17-9-11-18(23)12-10-17;1-2-5-3-4-6(8)7-5;1-5(7)6-3-2-4-6;1-2/h9-12,16H,5-8,13-15,24H2,1-4H3,(H,26,27);5H,2-4H2,1H3,(H,7,8);6H,2-4H2,1H3;1-2H3/b21-19-,25-20?;;;. The molecule has 2 amide bonds. The molecular formula is C36H61ClN4O3. The van der Waals surface area contributed by atoms with Gasteiger partial charge < -0.3 is 16.4 Å². The molecule has 0 radical (unpaired) electrons. The van der Waals surface area contributed by atoms with Crippen molar-refractivity contribution in [2.75, 3.05) is 6.54 Å². The fourth-order valence-electron chi connectivity index (χ4n) is 4.54. The lowest BCUT2D eigenvalue weighted by Crippen LogP contribution is -2.30. The maximum absolute atomic E-state index is 12.6. The summed E-state index contributed by atoms with van der Waals surface area (Å²) in [5, 5.41) is 6.44. The fraction of sp³-hybridized carbons (Fsp3) is 0.667. The second-order valence-corrected chi connectivity index (χ2v) is 11.8. The molecule has 2 atom stereocenters. The van der Waals surface area contributed by atoms with Crippen molar-refractivity contribution in [2.24, 2.45) is 22.6 Å². The second-order valence-electron chi connectivity index (χ2n) is 11.4. The minimum Gasteiger partial charge on any atom is -0.394 e. The molecule has 1 saturated carbocycles. The molecule has 1 aliphatic heterocycles. The molecule has 2 fully saturated rings. The first-order chi connectivity index (χ1) is 21.1. The largest absolute Gasteiger partial charge is 0.394 e. The van der Waals surface area contributed by atoms with Gasteiger partial charge in [0.25, 0.3) is 5.91 Å². The molecule has 1 aromatic carbocycles. The highest BCUT2D eigenvalue weighted by atomic mass is 35.5. The third-order valence-electron chi connectivity index (χ3n) is 8.00. The van der Waals surface area contributed by atoms with Gasteiger partial charge in [0, 0.05) is 47.8 Å². The summed E-state index contributed by atoms with van der Waals surface area (Å²) in [6.07, 6.45) is 11.1. The number of nitrogens with zero attached hydrogens (tertiary/aromatic N) is 1. The van der Waals surface area contributed by atoms with Crippen LogP contribution in [0.2, 0.25) is 5.02 Å². The highest BCUT2D eigenvalue weighted by Crippen LogP contribution is 2.26. The van der Waals surface area contributed by atoms with E-state index >= 15 is 0 Å². The number of aliphatic imine (C=N–C) groups is 1. The topological polar surface area (TPSA) is 114 Å². The first kappa shape index (κ1) is 41.3. The van der Waals surface area contributed by atoms with Crippen LogP contribution in [0.15, 0.2) is 40.5 Å². The van der Waals surface area contributed by atoms with E-state index in [1.807, 2.05) is 38.1 Å². The Hall–Kier alpha value is -2.67. The molecule has 44 heavy (non-hydrogen) atoms. The Balaban J connectivity index is 0.000000870. The van der Waals surface area contributed by atoms with E-state index in [4.69, 9.17) is 22.3 Å². The van der Waals surface area contributed by atoms with Gasteiger partial charge in [-0.3, -0.25) is 19.4 Å². The monoisotopic (exact) mass is 632 g/mol. The van der Waals surface area contributed by atoms with Crippen LogP contribution >= 0.6 is 11.6 Å². The molecule has 8 heteroatoms. The van der Waals surface area contributed by atoms with Gasteiger partial charge >= 0.3 is 0 Å². The van der Waals surface area contributed by atoms with Crippen molar-refractivity contribution in [1.29, 1.82) is 0 Å². The summed E-state index contributed by atoms with van der Waals surface area (Å²) in [7, 11) is 0. The van der Waals surface area contributed by atoms with Crippen LogP contribution in [0.4, 0.5) is 0 Å². The number of benzene rings is 1. The van der Waals surface area contributed by atoms with E-state index in [9.17, 15) is 14.4 Å². The van der Waals surface area contributed by atoms with Gasteiger partial charge in [-0.25, -0.2) is 0 Å². The van der Waals surface area contributed by atoms with Crippen molar-refractivity contribution in [3.63, 3.8) is 0 Å². The van der Waals surface area contributed by atoms with Crippen LogP contribution in [0, 0.1) is 11.8 Å². The smallest absolute Gasteiger partial charge is 0.267 e. The summed E-state index contributed by atoms with van der Waals surface area (Å²) in [5.74, 6) is 1.46. The lowest BCUT2D eigenvalue weighted by atomic mass is 9.83. The molecule has 250 valence electrons. The number of carbonyl (C=O) groups is 3. The zero-order valence-electron chi connectivity index (χ0n) is 28.9. The Morgan fingerprint density at radius 2 is 1.73 bits per heavy atom. The number of nitrogens with one attached hydrogen (secondary N) is 2. The summed E-state index contributed by atoms with van der Waals surface area (Å²) >= 11 is 5.89. The van der Waals surface area contributed by atoms with Gasteiger partial charge in [-0.15, -0.1) is 0 Å². The zero-order valence-corrected chi connectivity index (χ0v) is 29.6. The summed E-state index contributed by atoms with van der Waals surface area (Å²) in [4.78, 5) is 38.3. The van der Waals surface area contributed by atoms with Gasteiger partial charge in [-0.1, -0.05) is 91.5 Å². The molecule has 2 unspecified atom stereocenters. The molecule has 4 N–H and O–H groups in total. The Morgan fingerprint density at radius 1 is 1.09 bits per heavy atom. The third kappa shape index (κ3) is 17.0. The lowest BCUT2D eigenvalue weighted by Gasteiger charge is -2.21. The van der Waals surface area contributed by atoms with Gasteiger partial charge in [0.1, 0.15) is 11.5 Å². The van der Waals surface area contributed by atoms with Crippen LogP contribution in [0.5, 0.6) is 0 Å². The van der Waals surface area contributed by atoms with Crippen molar-refractivity contribution < 1.29 is 14.4 Å². The zero-order chi connectivity index (χ0) is 33.5. The first-order valence-corrected chi connectivity index (χ1v) is 17.3. The average Bonchev–Trinajstić information content (AvgIpc) is 3.43. The number of hydrogen-bond acceptors (Lipinski definition) is 5. The molecule has 3 rings (SSSR count). The Kier molecular flexibility index (Phi) is 23.1. The number of ketones is 1. The quantitative estimate of drug-likeness (QED) is 0.150. The summed E-state index contributed by atoms with van der Waals surface area (Å²) in [5.41, 5.74) is 9.35. The minimum atomic E-state index is -0.239. The third-order valence-corrected chi connectivity index (χ3v) is 8.25. The molecule has 1 heterocycles. The molecule has 0 aromatic heterocycles. The van der Waals surface area contributed by atoms with Gasteiger partial charge in [-0.2, -0.15) is 0 Å². The minimum absolute atomic E-state index is 0.219. The number of amides is 2. The van der Waals surface area contributed by atoms with Crippen LogP contribution < -0.4 is 16.4 Å². The van der Waals surface area contributed by atoms with Crippen LogP contribution in [0.1, 0.15) is 132 Å². The van der Waals surface area contributed by atoms with Crippen molar-refractivity contribution >= 4 is 34.9 Å². The number of Topliss-reactive ketones (excluding diaryl/α,β-unsaturated/α-hetero) is 1. The van der Waals surface area contributed by atoms with E-state index in [2.05, 4.69) is 45.3 Å². The molecule has 1 saturated heterocycles. The Morgan fingerprint density at radius 3 is 2.11 bits per heavy atom. The Bertz CT molecular complexity index is 1030. The maximum atomic E-state index is 12.6. The molecule has 1 aromatic rings.